The summed E-state index contributed by atoms with van der Waals surface area (Å²) in [6.07, 6.45) is 4.90. The summed E-state index contributed by atoms with van der Waals surface area (Å²) in [5, 5.41) is 21.1. The van der Waals surface area contributed by atoms with E-state index in [4.69, 9.17) is 0 Å². The van der Waals surface area contributed by atoms with Crippen LogP contribution in [0.5, 0.6) is 0 Å². The normalized spacial score (nSPS) is 16.1. The predicted molar refractivity (Wildman–Crippen MR) is 74.3 cm³/mol. The van der Waals surface area contributed by atoms with Gasteiger partial charge in [0.05, 0.1) is 6.04 Å². The largest absolute Gasteiger partial charge is 0.377 e. The molecule has 0 spiro atoms. The topological polar surface area (TPSA) is 81.4 Å². The van der Waals surface area contributed by atoms with Crippen LogP contribution in [0, 0.1) is 0 Å². The van der Waals surface area contributed by atoms with Crippen molar-refractivity contribution in [3.63, 3.8) is 0 Å². The van der Waals surface area contributed by atoms with Gasteiger partial charge in [-0.3, -0.25) is 0 Å². The van der Waals surface area contributed by atoms with Crippen molar-refractivity contribution in [2.24, 2.45) is 0 Å². The highest BCUT2D eigenvalue weighted by molar-refractivity contribution is 7.98. The van der Waals surface area contributed by atoms with E-state index in [2.05, 4.69) is 30.4 Å². The number of nitrogens with one attached hydrogen (secondary N) is 1. The van der Waals surface area contributed by atoms with E-state index in [0.29, 0.717) is 6.04 Å². The highest BCUT2D eigenvalue weighted by Crippen LogP contribution is 2.32. The van der Waals surface area contributed by atoms with Crippen LogP contribution in [0.4, 0.5) is 5.00 Å². The van der Waals surface area contributed by atoms with Crippen molar-refractivity contribution in [3.05, 3.63) is 5.69 Å². The number of hydrogen-bond acceptors (Lipinski definition) is 8. The maximum atomic E-state index is 4.13. The van der Waals surface area contributed by atoms with Crippen molar-refractivity contribution >= 4 is 28.3 Å². The second-order valence-corrected chi connectivity index (χ2v) is 6.13. The maximum absolute atomic E-state index is 4.13. The highest BCUT2D eigenvalue weighted by Gasteiger charge is 2.22. The zero-order chi connectivity index (χ0) is 13.1. The summed E-state index contributed by atoms with van der Waals surface area (Å²) in [7, 11) is 1.88. The van der Waals surface area contributed by atoms with Crippen LogP contribution in [0.1, 0.15) is 37.4 Å². The van der Waals surface area contributed by atoms with Gasteiger partial charge in [0.25, 0.3) is 0 Å². The molecule has 1 fully saturated rings. The molecule has 7 nitrogen and oxygen atoms in total. The molecule has 1 N–H and O–H groups in total. The standard InChI is InChI=1S/C10H15N7S2/c1-11-9-8(12-16-19-9)6-18-10-13-14-15-17(10)7-4-2-3-5-7/h7,11H,2-6H2,1H3. The molecule has 0 atom stereocenters. The van der Waals surface area contributed by atoms with Gasteiger partial charge in [0.1, 0.15) is 10.7 Å². The average molecular weight is 297 g/mol. The zero-order valence-corrected chi connectivity index (χ0v) is 12.2. The summed E-state index contributed by atoms with van der Waals surface area (Å²) < 4.78 is 5.92. The number of anilines is 1. The van der Waals surface area contributed by atoms with Gasteiger partial charge in [0.15, 0.2) is 0 Å². The number of thioether (sulfide) groups is 1. The first-order valence-electron chi connectivity index (χ1n) is 6.28. The molecule has 0 radical (unpaired) electrons. The number of tetrazole rings is 1. The Morgan fingerprint density at radius 1 is 1.37 bits per heavy atom. The van der Waals surface area contributed by atoms with Gasteiger partial charge in [0.2, 0.25) is 5.16 Å². The van der Waals surface area contributed by atoms with Crippen molar-refractivity contribution in [1.82, 2.24) is 29.8 Å². The SMILES string of the molecule is CNc1snnc1CSc1nnnn1C1CCCC1. The van der Waals surface area contributed by atoms with Crippen molar-refractivity contribution < 1.29 is 0 Å². The molecule has 102 valence electrons. The molecule has 2 aromatic heterocycles. The Morgan fingerprint density at radius 3 is 3.00 bits per heavy atom. The van der Waals surface area contributed by atoms with Gasteiger partial charge >= 0.3 is 0 Å². The molecule has 19 heavy (non-hydrogen) atoms. The molecule has 0 unspecified atom stereocenters. The van der Waals surface area contributed by atoms with Crippen LogP contribution in [-0.2, 0) is 5.75 Å². The van der Waals surface area contributed by atoms with Crippen LogP contribution in [0.15, 0.2) is 5.16 Å². The summed E-state index contributed by atoms with van der Waals surface area (Å²) >= 11 is 2.99. The molecule has 2 heterocycles. The monoisotopic (exact) mass is 297 g/mol. The number of aromatic nitrogens is 6. The van der Waals surface area contributed by atoms with Gasteiger partial charge in [-0.1, -0.05) is 29.1 Å². The van der Waals surface area contributed by atoms with E-state index in [1.165, 1.54) is 37.2 Å². The second-order valence-electron chi connectivity index (χ2n) is 4.43. The van der Waals surface area contributed by atoms with E-state index in [-0.39, 0.29) is 0 Å². The van der Waals surface area contributed by atoms with E-state index < -0.39 is 0 Å². The highest BCUT2D eigenvalue weighted by atomic mass is 32.2. The van der Waals surface area contributed by atoms with Crippen molar-refractivity contribution in [2.75, 3.05) is 12.4 Å². The lowest BCUT2D eigenvalue weighted by Crippen LogP contribution is -2.08. The van der Waals surface area contributed by atoms with Gasteiger partial charge in [-0.25, -0.2) is 4.68 Å². The molecule has 0 aliphatic heterocycles. The summed E-state index contributed by atoms with van der Waals surface area (Å²) in [6, 6.07) is 0.467. The van der Waals surface area contributed by atoms with E-state index >= 15 is 0 Å². The van der Waals surface area contributed by atoms with E-state index in [0.717, 1.165) is 21.6 Å². The lowest BCUT2D eigenvalue weighted by molar-refractivity contribution is 0.423. The molecule has 3 rings (SSSR count). The molecule has 2 aromatic rings. The van der Waals surface area contributed by atoms with Gasteiger partial charge in [-0.2, -0.15) is 0 Å². The molecular weight excluding hydrogens is 282 g/mol. The molecule has 9 heteroatoms. The van der Waals surface area contributed by atoms with E-state index in [9.17, 15) is 0 Å². The Morgan fingerprint density at radius 2 is 2.21 bits per heavy atom. The fourth-order valence-corrected chi connectivity index (χ4v) is 3.79. The van der Waals surface area contributed by atoms with Crippen LogP contribution in [0.3, 0.4) is 0 Å². The Bertz CT molecular complexity index is 531. The predicted octanol–water partition coefficient (Wildman–Crippen LogP) is 1.97. The third-order valence-electron chi connectivity index (χ3n) is 3.25. The van der Waals surface area contributed by atoms with Crippen molar-refractivity contribution in [1.29, 1.82) is 0 Å². The minimum Gasteiger partial charge on any atom is -0.377 e. The van der Waals surface area contributed by atoms with Crippen LogP contribution in [-0.4, -0.2) is 36.8 Å². The quantitative estimate of drug-likeness (QED) is 0.845. The third-order valence-corrected chi connectivity index (χ3v) is 4.98. The Hall–Kier alpha value is -1.22. The number of nitrogens with zero attached hydrogens (tertiary/aromatic N) is 6. The van der Waals surface area contributed by atoms with Crippen LogP contribution in [0.25, 0.3) is 0 Å². The van der Waals surface area contributed by atoms with E-state index in [1.54, 1.807) is 11.8 Å². The third kappa shape index (κ3) is 2.71. The van der Waals surface area contributed by atoms with Gasteiger partial charge < -0.3 is 5.32 Å². The van der Waals surface area contributed by atoms with Gasteiger partial charge in [-0.15, -0.1) is 10.2 Å². The van der Waals surface area contributed by atoms with Gasteiger partial charge in [0, 0.05) is 24.3 Å². The zero-order valence-electron chi connectivity index (χ0n) is 10.6. The minimum atomic E-state index is 0.467. The Kier molecular flexibility index (Phi) is 3.92. The second kappa shape index (κ2) is 5.83. The summed E-state index contributed by atoms with van der Waals surface area (Å²) in [5.41, 5.74) is 0.957. The molecule has 0 saturated heterocycles. The van der Waals surface area contributed by atoms with Crippen LogP contribution >= 0.6 is 23.3 Å². The summed E-state index contributed by atoms with van der Waals surface area (Å²) in [5.74, 6) is 0.736. The molecule has 0 aromatic carbocycles. The number of hydrogen-bond donors (Lipinski definition) is 1. The lowest BCUT2D eigenvalue weighted by Gasteiger charge is -2.10. The van der Waals surface area contributed by atoms with Crippen molar-refractivity contribution in [2.45, 2.75) is 42.6 Å². The first-order valence-corrected chi connectivity index (χ1v) is 8.04. The molecule has 1 saturated carbocycles. The molecule has 1 aliphatic carbocycles. The summed E-state index contributed by atoms with van der Waals surface area (Å²) in [6.45, 7) is 0. The molecule has 0 amide bonds. The van der Waals surface area contributed by atoms with Gasteiger partial charge in [-0.05, 0) is 23.3 Å². The molecule has 1 aliphatic rings. The Labute approximate surface area is 119 Å². The maximum Gasteiger partial charge on any atom is 0.209 e. The average Bonchev–Trinajstić information content (AvgIpc) is 3.16. The molecular formula is C10H15N7S2. The first-order chi connectivity index (χ1) is 9.38. The Balaban J connectivity index is 1.68. The fraction of sp³-hybridized carbons (Fsp3) is 0.700. The van der Waals surface area contributed by atoms with Crippen LogP contribution in [0.2, 0.25) is 0 Å². The first kappa shape index (κ1) is 12.8. The minimum absolute atomic E-state index is 0.467. The molecule has 0 bridgehead atoms. The van der Waals surface area contributed by atoms with Crippen molar-refractivity contribution in [3.8, 4) is 0 Å². The van der Waals surface area contributed by atoms with E-state index in [1.807, 2.05) is 11.7 Å². The fourth-order valence-electron chi connectivity index (χ4n) is 2.28. The lowest BCUT2D eigenvalue weighted by atomic mass is 10.3. The number of rotatable bonds is 5. The smallest absolute Gasteiger partial charge is 0.209 e. The van der Waals surface area contributed by atoms with Crippen LogP contribution < -0.4 is 5.32 Å². The summed E-state index contributed by atoms with van der Waals surface area (Å²) in [4.78, 5) is 0.